The first-order valence-corrected chi connectivity index (χ1v) is 7.87. The quantitative estimate of drug-likeness (QED) is 0.917. The van der Waals surface area contributed by atoms with Crippen molar-refractivity contribution in [2.24, 2.45) is 0 Å². The van der Waals surface area contributed by atoms with E-state index in [1.54, 1.807) is 0 Å². The molecule has 0 saturated carbocycles. The van der Waals surface area contributed by atoms with Gasteiger partial charge in [-0.3, -0.25) is 9.69 Å². The Bertz CT molecular complexity index is 465. The number of nitrogens with one attached hydrogen (secondary N) is 1. The van der Waals surface area contributed by atoms with Crippen LogP contribution in [0.5, 0.6) is 0 Å². The lowest BCUT2D eigenvalue weighted by Crippen LogP contribution is -2.47. The molecule has 1 aromatic rings. The van der Waals surface area contributed by atoms with Crippen LogP contribution >= 0.6 is 11.3 Å². The summed E-state index contributed by atoms with van der Waals surface area (Å²) in [6.07, 6.45) is 0.529. The Balaban J connectivity index is 1.78. The number of hydrogen-bond acceptors (Lipinski definition) is 5. The standard InChI is InChI=1S/C14H23N3O2S/c1-9-7-17(8-10(2)19-9)6-5-15-14(18)13-11(3)16-12(4)20-13/h9-10H,5-8H2,1-4H3,(H,15,18)/t9-,10-/m0/s1. The molecule has 0 radical (unpaired) electrons. The minimum atomic E-state index is -0.0116. The summed E-state index contributed by atoms with van der Waals surface area (Å²) >= 11 is 1.45. The summed E-state index contributed by atoms with van der Waals surface area (Å²) in [5.41, 5.74) is 0.818. The zero-order chi connectivity index (χ0) is 14.7. The second-order valence-corrected chi connectivity index (χ2v) is 6.62. The van der Waals surface area contributed by atoms with Crippen LogP contribution in [0.3, 0.4) is 0 Å². The molecule has 2 heterocycles. The minimum Gasteiger partial charge on any atom is -0.373 e. The highest BCUT2D eigenvalue weighted by molar-refractivity contribution is 7.13. The maximum Gasteiger partial charge on any atom is 0.263 e. The van der Waals surface area contributed by atoms with E-state index in [9.17, 15) is 4.79 Å². The van der Waals surface area contributed by atoms with E-state index in [1.807, 2.05) is 13.8 Å². The van der Waals surface area contributed by atoms with Gasteiger partial charge in [0, 0.05) is 26.2 Å². The topological polar surface area (TPSA) is 54.5 Å². The highest BCUT2D eigenvalue weighted by Gasteiger charge is 2.22. The highest BCUT2D eigenvalue weighted by Crippen LogP contribution is 2.16. The van der Waals surface area contributed by atoms with Crippen LogP contribution in [0.1, 0.15) is 34.2 Å². The number of amides is 1. The fourth-order valence-electron chi connectivity index (χ4n) is 2.62. The molecule has 0 aliphatic carbocycles. The fourth-order valence-corrected chi connectivity index (χ4v) is 3.45. The van der Waals surface area contributed by atoms with Crippen LogP contribution in [-0.2, 0) is 4.74 Å². The van der Waals surface area contributed by atoms with Gasteiger partial charge < -0.3 is 10.1 Å². The molecule has 0 bridgehead atoms. The molecule has 1 saturated heterocycles. The van der Waals surface area contributed by atoms with Gasteiger partial charge in [-0.05, 0) is 27.7 Å². The van der Waals surface area contributed by atoms with Gasteiger partial charge in [-0.1, -0.05) is 0 Å². The first-order valence-electron chi connectivity index (χ1n) is 7.05. The van der Waals surface area contributed by atoms with Crippen LogP contribution in [0.4, 0.5) is 0 Å². The molecule has 20 heavy (non-hydrogen) atoms. The Morgan fingerprint density at radius 1 is 1.40 bits per heavy atom. The van der Waals surface area contributed by atoms with Crippen LogP contribution in [0, 0.1) is 13.8 Å². The summed E-state index contributed by atoms with van der Waals surface area (Å²) in [6, 6.07) is 0. The van der Waals surface area contributed by atoms with Gasteiger partial charge in [0.05, 0.1) is 22.9 Å². The number of rotatable bonds is 4. The van der Waals surface area contributed by atoms with Crippen molar-refractivity contribution in [1.82, 2.24) is 15.2 Å². The monoisotopic (exact) mass is 297 g/mol. The van der Waals surface area contributed by atoms with Crippen molar-refractivity contribution in [2.45, 2.75) is 39.9 Å². The summed E-state index contributed by atoms with van der Waals surface area (Å²) in [5, 5.41) is 3.91. The van der Waals surface area contributed by atoms with Gasteiger partial charge >= 0.3 is 0 Å². The molecule has 1 amide bonds. The first-order chi connectivity index (χ1) is 9.45. The van der Waals surface area contributed by atoms with E-state index in [0.717, 1.165) is 35.2 Å². The lowest BCUT2D eigenvalue weighted by atomic mass is 10.2. The number of nitrogens with zero attached hydrogens (tertiary/aromatic N) is 2. The number of morpholine rings is 1. The summed E-state index contributed by atoms with van der Waals surface area (Å²) in [6.45, 7) is 11.4. The normalized spacial score (nSPS) is 23.8. The zero-order valence-corrected chi connectivity index (χ0v) is 13.4. The first kappa shape index (κ1) is 15.4. The Morgan fingerprint density at radius 2 is 2.05 bits per heavy atom. The van der Waals surface area contributed by atoms with E-state index in [0.29, 0.717) is 6.54 Å². The Labute approximate surface area is 124 Å². The average molecular weight is 297 g/mol. The lowest BCUT2D eigenvalue weighted by molar-refractivity contribution is -0.0672. The van der Waals surface area contributed by atoms with Crippen LogP contribution in [0.2, 0.25) is 0 Å². The third-order valence-corrected chi connectivity index (χ3v) is 4.39. The van der Waals surface area contributed by atoms with Gasteiger partial charge in [-0.15, -0.1) is 11.3 Å². The minimum absolute atomic E-state index is 0.0116. The van der Waals surface area contributed by atoms with Crippen molar-refractivity contribution in [3.8, 4) is 0 Å². The van der Waals surface area contributed by atoms with E-state index in [2.05, 4.69) is 29.0 Å². The van der Waals surface area contributed by atoms with Crippen molar-refractivity contribution in [2.75, 3.05) is 26.2 Å². The molecule has 1 aliphatic rings. The molecule has 2 atom stereocenters. The number of carbonyl (C=O) groups is 1. The molecule has 1 aliphatic heterocycles. The van der Waals surface area contributed by atoms with Crippen LogP contribution < -0.4 is 5.32 Å². The second kappa shape index (κ2) is 6.65. The van der Waals surface area contributed by atoms with Crippen molar-refractivity contribution in [3.05, 3.63) is 15.6 Å². The number of thiazole rings is 1. The smallest absolute Gasteiger partial charge is 0.263 e. The molecular formula is C14H23N3O2S. The molecule has 2 rings (SSSR count). The van der Waals surface area contributed by atoms with Gasteiger partial charge in [0.25, 0.3) is 5.91 Å². The highest BCUT2D eigenvalue weighted by atomic mass is 32.1. The summed E-state index contributed by atoms with van der Waals surface area (Å²) in [4.78, 5) is 19.4. The average Bonchev–Trinajstić information content (AvgIpc) is 2.67. The predicted octanol–water partition coefficient (Wildman–Crippen LogP) is 1.60. The lowest BCUT2D eigenvalue weighted by Gasteiger charge is -2.35. The number of aromatic nitrogens is 1. The van der Waals surface area contributed by atoms with Crippen LogP contribution in [-0.4, -0.2) is 54.2 Å². The van der Waals surface area contributed by atoms with Gasteiger partial charge in [-0.25, -0.2) is 4.98 Å². The van der Waals surface area contributed by atoms with E-state index in [4.69, 9.17) is 4.74 Å². The maximum absolute atomic E-state index is 12.1. The molecule has 1 N–H and O–H groups in total. The van der Waals surface area contributed by atoms with Gasteiger partial charge in [0.15, 0.2) is 0 Å². The van der Waals surface area contributed by atoms with Crippen molar-refractivity contribution >= 4 is 17.2 Å². The molecule has 1 fully saturated rings. The molecule has 112 valence electrons. The Morgan fingerprint density at radius 3 is 2.60 bits per heavy atom. The molecule has 0 unspecified atom stereocenters. The molecule has 0 spiro atoms. The largest absolute Gasteiger partial charge is 0.373 e. The van der Waals surface area contributed by atoms with Crippen molar-refractivity contribution in [1.29, 1.82) is 0 Å². The second-order valence-electron chi connectivity index (χ2n) is 5.42. The van der Waals surface area contributed by atoms with Crippen molar-refractivity contribution < 1.29 is 9.53 Å². The maximum atomic E-state index is 12.1. The van der Waals surface area contributed by atoms with Crippen LogP contribution in [0.15, 0.2) is 0 Å². The van der Waals surface area contributed by atoms with Gasteiger partial charge in [0.2, 0.25) is 0 Å². The van der Waals surface area contributed by atoms with E-state index in [-0.39, 0.29) is 18.1 Å². The number of carbonyl (C=O) groups excluding carboxylic acids is 1. The zero-order valence-electron chi connectivity index (χ0n) is 12.6. The Hall–Kier alpha value is -0.980. The summed E-state index contributed by atoms with van der Waals surface area (Å²) in [7, 11) is 0. The Kier molecular flexibility index (Phi) is 5.12. The fraction of sp³-hybridized carbons (Fsp3) is 0.714. The van der Waals surface area contributed by atoms with Crippen LogP contribution in [0.25, 0.3) is 0 Å². The molecular weight excluding hydrogens is 274 g/mol. The third kappa shape index (κ3) is 4.01. The van der Waals surface area contributed by atoms with Gasteiger partial charge in [0.1, 0.15) is 4.88 Å². The molecule has 1 aromatic heterocycles. The van der Waals surface area contributed by atoms with E-state index in [1.165, 1.54) is 11.3 Å². The summed E-state index contributed by atoms with van der Waals surface area (Å²) in [5.74, 6) is -0.0116. The van der Waals surface area contributed by atoms with Crippen molar-refractivity contribution in [3.63, 3.8) is 0 Å². The van der Waals surface area contributed by atoms with E-state index >= 15 is 0 Å². The van der Waals surface area contributed by atoms with Gasteiger partial charge in [-0.2, -0.15) is 0 Å². The number of hydrogen-bond donors (Lipinski definition) is 1. The number of ether oxygens (including phenoxy) is 1. The van der Waals surface area contributed by atoms with E-state index < -0.39 is 0 Å². The predicted molar refractivity (Wildman–Crippen MR) is 80.4 cm³/mol. The molecule has 5 nitrogen and oxygen atoms in total. The summed E-state index contributed by atoms with van der Waals surface area (Å²) < 4.78 is 5.70. The third-order valence-electron chi connectivity index (χ3n) is 3.32. The molecule has 6 heteroatoms. The number of aryl methyl sites for hydroxylation is 2. The molecule has 0 aromatic carbocycles. The SMILES string of the molecule is Cc1nc(C)c(C(=O)NCCN2C[C@H](C)O[C@@H](C)C2)s1.